The molecule has 0 aliphatic carbocycles. The summed E-state index contributed by atoms with van der Waals surface area (Å²) >= 11 is 0. The minimum Gasteiger partial charge on any atom is -0.417 e. The van der Waals surface area contributed by atoms with Gasteiger partial charge in [0.05, 0.1) is 5.60 Å². The standard InChI is InChI=1S/C11H26O2Si/c1-10(2,3)14(6,7)13-9-8-11(4,5)12/h12H,8-9H2,1-7H3. The normalized spacial score (nSPS) is 14.6. The van der Waals surface area contributed by atoms with E-state index in [0.29, 0.717) is 13.0 Å². The second kappa shape index (κ2) is 4.33. The van der Waals surface area contributed by atoms with Crippen molar-refractivity contribution < 1.29 is 9.53 Å². The van der Waals surface area contributed by atoms with Gasteiger partial charge in [0, 0.05) is 6.61 Å². The summed E-state index contributed by atoms with van der Waals surface area (Å²) in [6.45, 7) is 15.5. The SMILES string of the molecule is CC(C)(O)CCO[Si](C)(C)C(C)(C)C. The molecule has 0 aromatic rings. The number of rotatable bonds is 4. The summed E-state index contributed by atoms with van der Waals surface area (Å²) in [4.78, 5) is 0. The highest BCUT2D eigenvalue weighted by Gasteiger charge is 2.37. The van der Waals surface area contributed by atoms with E-state index in [-0.39, 0.29) is 5.04 Å². The van der Waals surface area contributed by atoms with Crippen molar-refractivity contribution in [3.8, 4) is 0 Å². The molecule has 0 aliphatic rings. The first-order valence-corrected chi connectivity index (χ1v) is 8.23. The average molecular weight is 218 g/mol. The minimum absolute atomic E-state index is 0.257. The zero-order chi connectivity index (χ0) is 11.6. The molecule has 0 spiro atoms. The van der Waals surface area contributed by atoms with Gasteiger partial charge in [0.1, 0.15) is 0 Å². The van der Waals surface area contributed by atoms with Crippen LogP contribution in [0.3, 0.4) is 0 Å². The predicted molar refractivity (Wildman–Crippen MR) is 64.1 cm³/mol. The van der Waals surface area contributed by atoms with Crippen molar-refractivity contribution in [1.82, 2.24) is 0 Å². The van der Waals surface area contributed by atoms with Crippen LogP contribution in [0.25, 0.3) is 0 Å². The van der Waals surface area contributed by atoms with Gasteiger partial charge in [-0.1, -0.05) is 20.8 Å². The molecule has 14 heavy (non-hydrogen) atoms. The second-order valence-electron chi connectivity index (χ2n) is 6.17. The summed E-state index contributed by atoms with van der Waals surface area (Å²) in [5.74, 6) is 0. The Balaban J connectivity index is 4.02. The molecule has 1 N–H and O–H groups in total. The number of aliphatic hydroxyl groups is 1. The van der Waals surface area contributed by atoms with E-state index in [4.69, 9.17) is 4.43 Å². The molecule has 0 fully saturated rings. The highest BCUT2D eigenvalue weighted by atomic mass is 28.4. The zero-order valence-corrected chi connectivity index (χ0v) is 11.8. The molecule has 86 valence electrons. The topological polar surface area (TPSA) is 29.5 Å². The van der Waals surface area contributed by atoms with Crippen molar-refractivity contribution in [2.24, 2.45) is 0 Å². The molecule has 0 heterocycles. The van der Waals surface area contributed by atoms with E-state index in [1.165, 1.54) is 0 Å². The lowest BCUT2D eigenvalue weighted by Gasteiger charge is -2.36. The molecule has 0 saturated heterocycles. The first kappa shape index (κ1) is 14.1. The van der Waals surface area contributed by atoms with Gasteiger partial charge >= 0.3 is 0 Å². The third-order valence-electron chi connectivity index (χ3n) is 2.98. The Morgan fingerprint density at radius 3 is 1.79 bits per heavy atom. The molecule has 0 bridgehead atoms. The molecule has 2 nitrogen and oxygen atoms in total. The monoisotopic (exact) mass is 218 g/mol. The van der Waals surface area contributed by atoms with E-state index in [1.807, 2.05) is 13.8 Å². The molecule has 0 saturated carbocycles. The third-order valence-corrected chi connectivity index (χ3v) is 7.52. The molecule has 0 unspecified atom stereocenters. The number of hydrogen-bond donors (Lipinski definition) is 1. The molecule has 0 amide bonds. The lowest BCUT2D eigenvalue weighted by atomic mass is 10.1. The average Bonchev–Trinajstić information content (AvgIpc) is 1.80. The Bertz CT molecular complexity index is 175. The van der Waals surface area contributed by atoms with Gasteiger partial charge in [0.15, 0.2) is 8.32 Å². The van der Waals surface area contributed by atoms with Crippen molar-refractivity contribution in [2.45, 2.75) is 64.8 Å². The Morgan fingerprint density at radius 1 is 1.07 bits per heavy atom. The molecule has 3 heteroatoms. The number of hydrogen-bond acceptors (Lipinski definition) is 2. The molecule has 0 aromatic heterocycles. The Kier molecular flexibility index (Phi) is 4.37. The van der Waals surface area contributed by atoms with Gasteiger partial charge in [0.25, 0.3) is 0 Å². The highest BCUT2D eigenvalue weighted by molar-refractivity contribution is 6.74. The van der Waals surface area contributed by atoms with E-state index in [0.717, 1.165) is 0 Å². The quantitative estimate of drug-likeness (QED) is 0.734. The van der Waals surface area contributed by atoms with E-state index >= 15 is 0 Å². The van der Waals surface area contributed by atoms with Crippen molar-refractivity contribution in [3.05, 3.63) is 0 Å². The molecule has 0 aromatic carbocycles. The predicted octanol–water partition coefficient (Wildman–Crippen LogP) is 3.17. The van der Waals surface area contributed by atoms with Crippen LogP contribution in [0.1, 0.15) is 41.0 Å². The van der Waals surface area contributed by atoms with Crippen LogP contribution in [0.4, 0.5) is 0 Å². The van der Waals surface area contributed by atoms with Crippen molar-refractivity contribution in [1.29, 1.82) is 0 Å². The van der Waals surface area contributed by atoms with Crippen molar-refractivity contribution in [3.63, 3.8) is 0 Å². The second-order valence-corrected chi connectivity index (χ2v) is 11.0. The van der Waals surface area contributed by atoms with Crippen LogP contribution in [0.2, 0.25) is 18.1 Å². The largest absolute Gasteiger partial charge is 0.417 e. The van der Waals surface area contributed by atoms with Gasteiger partial charge in [-0.2, -0.15) is 0 Å². The molecule has 0 atom stereocenters. The maximum absolute atomic E-state index is 9.55. The zero-order valence-electron chi connectivity index (χ0n) is 10.8. The maximum Gasteiger partial charge on any atom is 0.191 e. The summed E-state index contributed by atoms with van der Waals surface area (Å²) in [7, 11) is -1.62. The first-order valence-electron chi connectivity index (χ1n) is 5.32. The van der Waals surface area contributed by atoms with E-state index in [2.05, 4.69) is 33.9 Å². The molecular weight excluding hydrogens is 192 g/mol. The van der Waals surface area contributed by atoms with E-state index in [1.54, 1.807) is 0 Å². The summed E-state index contributed by atoms with van der Waals surface area (Å²) in [5, 5.41) is 9.81. The van der Waals surface area contributed by atoms with Crippen molar-refractivity contribution in [2.75, 3.05) is 6.61 Å². The minimum atomic E-state index is -1.62. The summed E-state index contributed by atoms with van der Waals surface area (Å²) in [6.07, 6.45) is 0.708. The molecule has 0 aliphatic heterocycles. The molecule has 0 radical (unpaired) electrons. The fourth-order valence-electron chi connectivity index (χ4n) is 0.772. The summed E-state index contributed by atoms with van der Waals surface area (Å²) in [5.41, 5.74) is -0.609. The summed E-state index contributed by atoms with van der Waals surface area (Å²) in [6, 6.07) is 0. The fraction of sp³-hybridized carbons (Fsp3) is 1.00. The van der Waals surface area contributed by atoms with Crippen LogP contribution in [0, 0.1) is 0 Å². The van der Waals surface area contributed by atoms with Crippen LogP contribution < -0.4 is 0 Å². The van der Waals surface area contributed by atoms with Crippen LogP contribution in [0.15, 0.2) is 0 Å². The van der Waals surface area contributed by atoms with E-state index < -0.39 is 13.9 Å². The third kappa shape index (κ3) is 5.13. The Hall–Kier alpha value is 0.137. The first-order chi connectivity index (χ1) is 5.96. The molecular formula is C11H26O2Si. The lowest BCUT2D eigenvalue weighted by Crippen LogP contribution is -2.41. The van der Waals surface area contributed by atoms with Crippen LogP contribution in [-0.2, 0) is 4.43 Å². The Morgan fingerprint density at radius 2 is 1.50 bits per heavy atom. The van der Waals surface area contributed by atoms with Crippen LogP contribution >= 0.6 is 0 Å². The summed E-state index contributed by atoms with van der Waals surface area (Å²) < 4.78 is 5.95. The van der Waals surface area contributed by atoms with Crippen LogP contribution in [0.5, 0.6) is 0 Å². The lowest BCUT2D eigenvalue weighted by molar-refractivity contribution is 0.0532. The van der Waals surface area contributed by atoms with Gasteiger partial charge in [-0.05, 0) is 38.4 Å². The van der Waals surface area contributed by atoms with Crippen molar-refractivity contribution >= 4 is 8.32 Å². The smallest absolute Gasteiger partial charge is 0.191 e. The van der Waals surface area contributed by atoms with Gasteiger partial charge in [-0.3, -0.25) is 0 Å². The van der Waals surface area contributed by atoms with Gasteiger partial charge in [-0.15, -0.1) is 0 Å². The Labute approximate surface area is 89.8 Å². The van der Waals surface area contributed by atoms with Crippen LogP contribution in [-0.4, -0.2) is 25.6 Å². The molecule has 0 rings (SSSR count). The van der Waals surface area contributed by atoms with Gasteiger partial charge < -0.3 is 9.53 Å². The highest BCUT2D eigenvalue weighted by Crippen LogP contribution is 2.36. The maximum atomic E-state index is 9.55. The van der Waals surface area contributed by atoms with E-state index in [9.17, 15) is 5.11 Å². The van der Waals surface area contributed by atoms with Gasteiger partial charge in [-0.25, -0.2) is 0 Å². The fourth-order valence-corrected chi connectivity index (χ4v) is 1.82. The van der Waals surface area contributed by atoms with Gasteiger partial charge in [0.2, 0.25) is 0 Å².